The second kappa shape index (κ2) is 4.44. The predicted molar refractivity (Wildman–Crippen MR) is 62.1 cm³/mol. The average Bonchev–Trinajstić information content (AvgIpc) is 2.73. The summed E-state index contributed by atoms with van der Waals surface area (Å²) < 4.78 is 2.48. The number of hydrogen-bond acceptors (Lipinski definition) is 3. The minimum atomic E-state index is -0.414. The maximum atomic E-state index is 10.5. The van der Waals surface area contributed by atoms with Gasteiger partial charge in [-0.1, -0.05) is 15.9 Å². The number of benzene rings is 1. The topological polar surface area (TPSA) is 61.0 Å². The zero-order chi connectivity index (χ0) is 11.5. The van der Waals surface area contributed by atoms with Crippen molar-refractivity contribution in [2.75, 3.05) is 0 Å². The largest absolute Gasteiger partial charge is 0.270 e. The van der Waals surface area contributed by atoms with Crippen LogP contribution in [0.3, 0.4) is 0 Å². The van der Waals surface area contributed by atoms with Gasteiger partial charge in [-0.25, -0.2) is 0 Å². The molecule has 1 aromatic carbocycles. The van der Waals surface area contributed by atoms with Crippen LogP contribution in [-0.4, -0.2) is 14.7 Å². The van der Waals surface area contributed by atoms with Crippen molar-refractivity contribution in [1.82, 2.24) is 9.78 Å². The first kappa shape index (κ1) is 10.8. The maximum absolute atomic E-state index is 10.5. The zero-order valence-corrected chi connectivity index (χ0v) is 9.79. The fraction of sp³-hybridized carbons (Fsp3) is 0.100. The van der Waals surface area contributed by atoms with E-state index in [-0.39, 0.29) is 5.69 Å². The highest BCUT2D eigenvalue weighted by Crippen LogP contribution is 2.23. The number of hydrogen-bond donors (Lipinski definition) is 0. The predicted octanol–water partition coefficient (Wildman–Crippen LogP) is 2.60. The molecule has 82 valence electrons. The number of rotatable bonds is 3. The van der Waals surface area contributed by atoms with Gasteiger partial charge in [-0.15, -0.1) is 0 Å². The van der Waals surface area contributed by atoms with E-state index < -0.39 is 4.92 Å². The molecule has 0 aliphatic heterocycles. The molecule has 0 amide bonds. The summed E-state index contributed by atoms with van der Waals surface area (Å²) in [5.41, 5.74) is 1.03. The lowest BCUT2D eigenvalue weighted by atomic mass is 10.2. The Kier molecular flexibility index (Phi) is 3.00. The minimum absolute atomic E-state index is 0.0797. The van der Waals surface area contributed by atoms with Crippen LogP contribution in [0.15, 0.2) is 41.1 Å². The van der Waals surface area contributed by atoms with Gasteiger partial charge in [-0.05, 0) is 17.7 Å². The summed E-state index contributed by atoms with van der Waals surface area (Å²) in [5, 5.41) is 14.6. The fourth-order valence-electron chi connectivity index (χ4n) is 1.35. The van der Waals surface area contributed by atoms with Crippen molar-refractivity contribution >= 4 is 21.6 Å². The molecule has 0 aliphatic carbocycles. The van der Waals surface area contributed by atoms with E-state index in [2.05, 4.69) is 21.0 Å². The molecule has 5 nitrogen and oxygen atoms in total. The number of nitrogens with zero attached hydrogens (tertiary/aromatic N) is 3. The van der Waals surface area contributed by atoms with Crippen LogP contribution in [0.4, 0.5) is 5.69 Å². The molecule has 0 unspecified atom stereocenters. The SMILES string of the molecule is O=[N+]([O-])c1ccc(Cn2cccn2)c(Br)c1. The van der Waals surface area contributed by atoms with Crippen LogP contribution in [-0.2, 0) is 6.54 Å². The van der Waals surface area contributed by atoms with Crippen molar-refractivity contribution in [2.45, 2.75) is 6.54 Å². The van der Waals surface area contributed by atoms with Crippen LogP contribution < -0.4 is 0 Å². The molecule has 0 fully saturated rings. The second-order valence-electron chi connectivity index (χ2n) is 3.24. The number of nitro benzene ring substituents is 1. The molecule has 0 spiro atoms. The van der Waals surface area contributed by atoms with Gasteiger partial charge in [0.2, 0.25) is 0 Å². The van der Waals surface area contributed by atoms with Gasteiger partial charge in [0.1, 0.15) is 0 Å². The van der Waals surface area contributed by atoms with Crippen molar-refractivity contribution in [3.8, 4) is 0 Å². The highest BCUT2D eigenvalue weighted by atomic mass is 79.9. The molecule has 0 atom stereocenters. The van der Waals surface area contributed by atoms with Crippen molar-refractivity contribution in [2.24, 2.45) is 0 Å². The molecule has 0 bridgehead atoms. The molecule has 16 heavy (non-hydrogen) atoms. The van der Waals surface area contributed by atoms with E-state index in [4.69, 9.17) is 0 Å². The van der Waals surface area contributed by atoms with E-state index >= 15 is 0 Å². The Labute approximate surface area is 100.0 Å². The van der Waals surface area contributed by atoms with Crippen LogP contribution in [0.2, 0.25) is 0 Å². The molecule has 1 heterocycles. The van der Waals surface area contributed by atoms with E-state index in [1.54, 1.807) is 16.9 Å². The van der Waals surface area contributed by atoms with Crippen molar-refractivity contribution in [1.29, 1.82) is 0 Å². The number of aromatic nitrogens is 2. The van der Waals surface area contributed by atoms with Gasteiger partial charge >= 0.3 is 0 Å². The normalized spacial score (nSPS) is 10.3. The van der Waals surface area contributed by atoms with E-state index in [1.807, 2.05) is 12.3 Å². The number of halogens is 1. The Bertz CT molecular complexity index is 511. The lowest BCUT2D eigenvalue weighted by Gasteiger charge is -2.04. The molecule has 2 rings (SSSR count). The van der Waals surface area contributed by atoms with Gasteiger partial charge in [0, 0.05) is 29.0 Å². The van der Waals surface area contributed by atoms with Gasteiger partial charge in [-0.3, -0.25) is 14.8 Å². The summed E-state index contributed by atoms with van der Waals surface area (Å²) in [5.74, 6) is 0. The Morgan fingerprint density at radius 2 is 2.31 bits per heavy atom. The molecule has 0 radical (unpaired) electrons. The van der Waals surface area contributed by atoms with Gasteiger partial charge in [0.05, 0.1) is 11.5 Å². The fourth-order valence-corrected chi connectivity index (χ4v) is 1.84. The Morgan fingerprint density at radius 3 is 2.88 bits per heavy atom. The van der Waals surface area contributed by atoms with E-state index in [1.165, 1.54) is 12.1 Å². The zero-order valence-electron chi connectivity index (χ0n) is 8.21. The van der Waals surface area contributed by atoms with E-state index in [9.17, 15) is 10.1 Å². The van der Waals surface area contributed by atoms with Crippen LogP contribution >= 0.6 is 15.9 Å². The van der Waals surface area contributed by atoms with Gasteiger partial charge < -0.3 is 0 Å². The third-order valence-corrected chi connectivity index (χ3v) is 2.88. The third kappa shape index (κ3) is 2.27. The van der Waals surface area contributed by atoms with Gasteiger partial charge in [0.15, 0.2) is 0 Å². The first-order valence-corrected chi connectivity index (χ1v) is 5.36. The maximum Gasteiger partial charge on any atom is 0.270 e. The van der Waals surface area contributed by atoms with Gasteiger partial charge in [-0.2, -0.15) is 5.10 Å². The summed E-state index contributed by atoms with van der Waals surface area (Å²) in [7, 11) is 0. The van der Waals surface area contributed by atoms with Crippen LogP contribution in [0.1, 0.15) is 5.56 Å². The van der Waals surface area contributed by atoms with E-state index in [0.717, 1.165) is 10.0 Å². The van der Waals surface area contributed by atoms with Crippen molar-refractivity contribution < 1.29 is 4.92 Å². The average molecular weight is 282 g/mol. The molecule has 0 aliphatic rings. The number of non-ortho nitro benzene ring substituents is 1. The smallest absolute Gasteiger partial charge is 0.268 e. The second-order valence-corrected chi connectivity index (χ2v) is 4.09. The lowest BCUT2D eigenvalue weighted by molar-refractivity contribution is -0.384. The monoisotopic (exact) mass is 281 g/mol. The first-order chi connectivity index (χ1) is 7.66. The highest BCUT2D eigenvalue weighted by Gasteiger charge is 2.09. The molecule has 6 heteroatoms. The first-order valence-electron chi connectivity index (χ1n) is 4.57. The molecular weight excluding hydrogens is 274 g/mol. The highest BCUT2D eigenvalue weighted by molar-refractivity contribution is 9.10. The van der Waals surface area contributed by atoms with Crippen molar-refractivity contribution in [3.63, 3.8) is 0 Å². The summed E-state index contributed by atoms with van der Waals surface area (Å²) in [4.78, 5) is 10.1. The number of nitro groups is 1. The standard InChI is InChI=1S/C10H8BrN3O2/c11-10-6-9(14(15)16)3-2-8(10)7-13-5-1-4-12-13/h1-6H,7H2. The molecule has 1 aromatic heterocycles. The Morgan fingerprint density at radius 1 is 1.50 bits per heavy atom. The molecule has 0 saturated carbocycles. The summed E-state index contributed by atoms with van der Waals surface area (Å²) >= 11 is 3.32. The lowest BCUT2D eigenvalue weighted by Crippen LogP contribution is -2.01. The summed E-state index contributed by atoms with van der Waals surface area (Å²) in [6.45, 7) is 0.589. The molecular formula is C10H8BrN3O2. The van der Waals surface area contributed by atoms with Crippen LogP contribution in [0.25, 0.3) is 0 Å². The Hall–Kier alpha value is -1.69. The van der Waals surface area contributed by atoms with Gasteiger partial charge in [0.25, 0.3) is 5.69 Å². The van der Waals surface area contributed by atoms with Crippen LogP contribution in [0, 0.1) is 10.1 Å². The minimum Gasteiger partial charge on any atom is -0.268 e. The molecule has 0 saturated heterocycles. The summed E-state index contributed by atoms with van der Waals surface area (Å²) in [6, 6.07) is 6.55. The quantitative estimate of drug-likeness (QED) is 0.642. The van der Waals surface area contributed by atoms with Crippen molar-refractivity contribution in [3.05, 3.63) is 56.8 Å². The molecule has 2 aromatic rings. The van der Waals surface area contributed by atoms with Crippen LogP contribution in [0.5, 0.6) is 0 Å². The third-order valence-electron chi connectivity index (χ3n) is 2.14. The summed E-state index contributed by atoms with van der Waals surface area (Å²) in [6.07, 6.45) is 3.53. The molecule has 0 N–H and O–H groups in total. The van der Waals surface area contributed by atoms with E-state index in [0.29, 0.717) is 6.54 Å². The Balaban J connectivity index is 2.26.